The van der Waals surface area contributed by atoms with E-state index in [1.54, 1.807) is 6.08 Å². The lowest BCUT2D eigenvalue weighted by Gasteiger charge is -2.20. The SMILES string of the molecule is CCCCCCCCCCCCCC/C=C/C(O)C(CO)NC(=O)CCCCCCCCCCCCCCCCCCCCCCCCCCCCCCCCCOC(=O)CCCCCCCCCCCCCC. The average Bonchev–Trinajstić information content (AvgIpc) is 3.40. The Balaban J connectivity index is 3.33. The quantitative estimate of drug-likeness (QED) is 0.0320. The summed E-state index contributed by atoms with van der Waals surface area (Å²) in [6.45, 7) is 4.93. The summed E-state index contributed by atoms with van der Waals surface area (Å²) in [7, 11) is 0. The van der Waals surface area contributed by atoms with Gasteiger partial charge in [0.05, 0.1) is 25.4 Å². The van der Waals surface area contributed by atoms with E-state index in [0.717, 1.165) is 38.5 Å². The number of amides is 1. The van der Waals surface area contributed by atoms with Crippen LogP contribution in [0.3, 0.4) is 0 Å². The van der Waals surface area contributed by atoms with Crippen LogP contribution in [0.2, 0.25) is 0 Å². The van der Waals surface area contributed by atoms with Gasteiger partial charge in [-0.3, -0.25) is 9.59 Å². The molecule has 0 aliphatic heterocycles. The Morgan fingerprint density at radius 2 is 0.622 bits per heavy atom. The second kappa shape index (κ2) is 64.1. The van der Waals surface area contributed by atoms with Gasteiger partial charge in [-0.15, -0.1) is 0 Å². The molecule has 3 N–H and O–H groups in total. The van der Waals surface area contributed by atoms with Crippen molar-refractivity contribution < 1.29 is 24.5 Å². The molecule has 0 aromatic carbocycles. The van der Waals surface area contributed by atoms with Gasteiger partial charge in [0.1, 0.15) is 0 Å². The number of aliphatic hydroxyl groups excluding tert-OH is 2. The van der Waals surface area contributed by atoms with Crippen LogP contribution in [0.15, 0.2) is 12.2 Å². The number of carbonyl (C=O) groups is 2. The highest BCUT2D eigenvalue weighted by molar-refractivity contribution is 5.76. The van der Waals surface area contributed by atoms with E-state index in [-0.39, 0.29) is 18.5 Å². The van der Waals surface area contributed by atoms with E-state index in [4.69, 9.17) is 4.74 Å². The minimum atomic E-state index is -0.840. The summed E-state index contributed by atoms with van der Waals surface area (Å²) in [6.07, 6.45) is 78.6. The number of unbranched alkanes of at least 4 members (excludes halogenated alkanes) is 53. The summed E-state index contributed by atoms with van der Waals surface area (Å²) in [5.41, 5.74) is 0. The van der Waals surface area contributed by atoms with Crippen LogP contribution in [0, 0.1) is 0 Å². The van der Waals surface area contributed by atoms with Crippen LogP contribution < -0.4 is 5.32 Å². The maximum atomic E-state index is 12.5. The average molecular weight is 1040 g/mol. The first-order valence-electron chi connectivity index (χ1n) is 34.0. The van der Waals surface area contributed by atoms with Gasteiger partial charge in [0, 0.05) is 12.8 Å². The normalized spacial score (nSPS) is 12.5. The third kappa shape index (κ3) is 59.8. The second-order valence-corrected chi connectivity index (χ2v) is 23.5. The van der Waals surface area contributed by atoms with Gasteiger partial charge >= 0.3 is 5.97 Å². The van der Waals surface area contributed by atoms with E-state index in [9.17, 15) is 19.8 Å². The first-order valence-corrected chi connectivity index (χ1v) is 34.0. The molecule has 74 heavy (non-hydrogen) atoms. The summed E-state index contributed by atoms with van der Waals surface area (Å²) in [5, 5.41) is 23.1. The fraction of sp³-hybridized carbons (Fsp3) is 0.941. The smallest absolute Gasteiger partial charge is 0.305 e. The van der Waals surface area contributed by atoms with Crippen molar-refractivity contribution in [2.45, 2.75) is 398 Å². The maximum Gasteiger partial charge on any atom is 0.305 e. The van der Waals surface area contributed by atoms with Crippen molar-refractivity contribution >= 4 is 11.9 Å². The highest BCUT2D eigenvalue weighted by Gasteiger charge is 2.18. The molecule has 6 nitrogen and oxygen atoms in total. The van der Waals surface area contributed by atoms with Gasteiger partial charge in [-0.2, -0.15) is 0 Å². The first kappa shape index (κ1) is 72.6. The van der Waals surface area contributed by atoms with Crippen molar-refractivity contribution in [3.8, 4) is 0 Å². The highest BCUT2D eigenvalue weighted by Crippen LogP contribution is 2.19. The molecule has 0 aromatic heterocycles. The number of aliphatic hydroxyl groups is 2. The molecule has 0 saturated heterocycles. The Morgan fingerprint density at radius 3 is 0.919 bits per heavy atom. The zero-order valence-electron chi connectivity index (χ0n) is 50.4. The molecule has 2 unspecified atom stereocenters. The predicted molar refractivity (Wildman–Crippen MR) is 324 cm³/mol. The van der Waals surface area contributed by atoms with Crippen LogP contribution >= 0.6 is 0 Å². The third-order valence-electron chi connectivity index (χ3n) is 16.1. The van der Waals surface area contributed by atoms with Gasteiger partial charge in [-0.1, -0.05) is 353 Å². The van der Waals surface area contributed by atoms with Gasteiger partial charge in [0.2, 0.25) is 5.91 Å². The van der Waals surface area contributed by atoms with Crippen LogP contribution in [-0.4, -0.2) is 47.4 Å². The van der Waals surface area contributed by atoms with Crippen molar-refractivity contribution in [1.82, 2.24) is 5.32 Å². The molecule has 0 aliphatic rings. The molecule has 0 rings (SSSR count). The zero-order valence-corrected chi connectivity index (χ0v) is 50.4. The van der Waals surface area contributed by atoms with Crippen LogP contribution in [0.5, 0.6) is 0 Å². The molecule has 0 spiro atoms. The lowest BCUT2D eigenvalue weighted by Crippen LogP contribution is -2.45. The van der Waals surface area contributed by atoms with Crippen molar-refractivity contribution in [3.05, 3.63) is 12.2 Å². The molecule has 0 radical (unpaired) electrons. The van der Waals surface area contributed by atoms with Crippen LogP contribution in [0.4, 0.5) is 0 Å². The number of allylic oxidation sites excluding steroid dienone is 1. The summed E-state index contributed by atoms with van der Waals surface area (Å²) in [6, 6.07) is -0.623. The van der Waals surface area contributed by atoms with Gasteiger partial charge in [-0.25, -0.2) is 0 Å². The molecule has 0 aromatic rings. The van der Waals surface area contributed by atoms with E-state index < -0.39 is 12.1 Å². The largest absolute Gasteiger partial charge is 0.466 e. The van der Waals surface area contributed by atoms with E-state index >= 15 is 0 Å². The summed E-state index contributed by atoms with van der Waals surface area (Å²) in [5.74, 6) is -0.0397. The molecule has 0 aliphatic carbocycles. The van der Waals surface area contributed by atoms with Gasteiger partial charge < -0.3 is 20.3 Å². The van der Waals surface area contributed by atoms with Crippen LogP contribution in [-0.2, 0) is 14.3 Å². The Kier molecular flexibility index (Phi) is 62.9. The second-order valence-electron chi connectivity index (χ2n) is 23.5. The molecule has 0 heterocycles. The van der Waals surface area contributed by atoms with E-state index in [1.807, 2.05) is 6.08 Å². The Morgan fingerprint density at radius 1 is 0.365 bits per heavy atom. The monoisotopic (exact) mass is 1040 g/mol. The standard InChI is InChI=1S/C68H133NO5/c1-3-5-7-9-11-13-15-17-37-40-44-48-52-56-60-66(71)65(64-70)69-67(72)61-57-53-49-45-41-38-35-33-31-29-27-25-23-21-19-18-20-22-24-26-28-30-32-34-36-39-43-47-51-55-59-63-74-68(73)62-58-54-50-46-42-16-14-12-10-8-6-4-2/h56,60,65-66,70-71H,3-55,57-59,61-64H2,1-2H3,(H,69,72)/b60-56+. The fourth-order valence-electron chi connectivity index (χ4n) is 10.9. The third-order valence-corrected chi connectivity index (χ3v) is 16.1. The van der Waals surface area contributed by atoms with Crippen LogP contribution in [0.25, 0.3) is 0 Å². The Hall–Kier alpha value is -1.40. The van der Waals surface area contributed by atoms with Crippen molar-refractivity contribution in [2.24, 2.45) is 0 Å². The van der Waals surface area contributed by atoms with E-state index in [0.29, 0.717) is 19.4 Å². The molecule has 0 saturated carbocycles. The Bertz CT molecular complexity index is 1110. The number of hydrogen-bond donors (Lipinski definition) is 3. The molecule has 0 fully saturated rings. The van der Waals surface area contributed by atoms with Crippen molar-refractivity contribution in [2.75, 3.05) is 13.2 Å². The molecule has 1 amide bonds. The molecule has 0 bridgehead atoms. The Labute approximate surface area is 463 Å². The number of carbonyl (C=O) groups excluding carboxylic acids is 2. The molecule has 2 atom stereocenters. The fourth-order valence-corrected chi connectivity index (χ4v) is 10.9. The topological polar surface area (TPSA) is 95.9 Å². The number of nitrogens with one attached hydrogen (secondary N) is 1. The number of ether oxygens (including phenoxy) is 1. The molecule has 6 heteroatoms. The van der Waals surface area contributed by atoms with Gasteiger partial charge in [0.25, 0.3) is 0 Å². The summed E-state index contributed by atoms with van der Waals surface area (Å²) in [4.78, 5) is 24.5. The van der Waals surface area contributed by atoms with Crippen molar-refractivity contribution in [1.29, 1.82) is 0 Å². The minimum absolute atomic E-state index is 0.0217. The van der Waals surface area contributed by atoms with Crippen molar-refractivity contribution in [3.63, 3.8) is 0 Å². The number of esters is 1. The number of hydrogen-bond acceptors (Lipinski definition) is 5. The molecular weight excluding hydrogens is 911 g/mol. The predicted octanol–water partition coefficient (Wildman–Crippen LogP) is 21.6. The lowest BCUT2D eigenvalue weighted by molar-refractivity contribution is -0.143. The molecular formula is C68H133NO5. The molecule has 440 valence electrons. The first-order chi connectivity index (χ1) is 36.5. The lowest BCUT2D eigenvalue weighted by atomic mass is 10.0. The minimum Gasteiger partial charge on any atom is -0.466 e. The summed E-state index contributed by atoms with van der Waals surface area (Å²) < 4.78 is 5.48. The zero-order chi connectivity index (χ0) is 53.6. The highest BCUT2D eigenvalue weighted by atomic mass is 16.5. The number of rotatable bonds is 64. The van der Waals surface area contributed by atoms with Crippen LogP contribution in [0.1, 0.15) is 386 Å². The van der Waals surface area contributed by atoms with Gasteiger partial charge in [0.15, 0.2) is 0 Å². The van der Waals surface area contributed by atoms with E-state index in [1.165, 1.54) is 321 Å². The van der Waals surface area contributed by atoms with Gasteiger partial charge in [-0.05, 0) is 32.1 Å². The summed E-state index contributed by atoms with van der Waals surface area (Å²) >= 11 is 0. The maximum absolute atomic E-state index is 12.5. The van der Waals surface area contributed by atoms with E-state index in [2.05, 4.69) is 19.2 Å².